The van der Waals surface area contributed by atoms with Crippen LogP contribution in [-0.2, 0) is 12.3 Å². The van der Waals surface area contributed by atoms with Crippen LogP contribution in [0.4, 0.5) is 4.39 Å². The minimum atomic E-state index is -0.297. The Hall–Kier alpha value is -3.26. The topological polar surface area (TPSA) is 61.4 Å². The molecule has 3 aromatic heterocycles. The first-order chi connectivity index (χ1) is 14.3. The molecule has 0 radical (unpaired) electrons. The van der Waals surface area contributed by atoms with E-state index in [1.807, 2.05) is 47.9 Å². The van der Waals surface area contributed by atoms with Crippen molar-refractivity contribution < 1.29 is 4.39 Å². The van der Waals surface area contributed by atoms with Crippen molar-refractivity contribution in [1.82, 2.24) is 29.3 Å². The molecule has 3 heterocycles. The summed E-state index contributed by atoms with van der Waals surface area (Å²) in [6, 6.07) is 14.9. The Morgan fingerprint density at radius 3 is 2.72 bits per heavy atom. The Morgan fingerprint density at radius 1 is 1.03 bits per heavy atom. The van der Waals surface area contributed by atoms with E-state index in [0.29, 0.717) is 11.3 Å². The maximum Gasteiger partial charge on any atom is 0.167 e. The van der Waals surface area contributed by atoms with Gasteiger partial charge in [-0.25, -0.2) is 24.0 Å². The molecule has 0 bridgehead atoms. The number of halogens is 1. The number of thioether (sulfide) groups is 1. The molecule has 2 aromatic carbocycles. The summed E-state index contributed by atoms with van der Waals surface area (Å²) in [4.78, 5) is 13.4. The van der Waals surface area contributed by atoms with E-state index in [4.69, 9.17) is 0 Å². The van der Waals surface area contributed by atoms with Gasteiger partial charge in [-0.05, 0) is 31.2 Å². The van der Waals surface area contributed by atoms with Crippen molar-refractivity contribution in [1.29, 1.82) is 0 Å². The molecule has 0 atom stereocenters. The smallest absolute Gasteiger partial charge is 0.167 e. The summed E-state index contributed by atoms with van der Waals surface area (Å²) in [6.07, 6.45) is 3.33. The summed E-state index contributed by atoms with van der Waals surface area (Å²) in [5.41, 5.74) is 2.92. The van der Waals surface area contributed by atoms with Gasteiger partial charge in [0.25, 0.3) is 0 Å². The molecule has 29 heavy (non-hydrogen) atoms. The Balaban J connectivity index is 1.50. The van der Waals surface area contributed by atoms with Crippen LogP contribution in [0, 0.1) is 5.82 Å². The number of nitrogens with zero attached hydrogens (tertiary/aromatic N) is 6. The monoisotopic (exact) mass is 404 g/mol. The summed E-state index contributed by atoms with van der Waals surface area (Å²) in [5.74, 6) is 1.10. The van der Waals surface area contributed by atoms with E-state index < -0.39 is 0 Å². The quantitative estimate of drug-likeness (QED) is 0.316. The first-order valence-electron chi connectivity index (χ1n) is 9.27. The van der Waals surface area contributed by atoms with Crippen LogP contribution in [0.1, 0.15) is 12.7 Å². The number of aryl methyl sites for hydroxylation is 1. The van der Waals surface area contributed by atoms with Crippen molar-refractivity contribution >= 4 is 33.8 Å². The highest BCUT2D eigenvalue weighted by molar-refractivity contribution is 7.98. The molecule has 8 heteroatoms. The van der Waals surface area contributed by atoms with Gasteiger partial charge in [-0.15, -0.1) is 0 Å². The summed E-state index contributed by atoms with van der Waals surface area (Å²) < 4.78 is 18.0. The third-order valence-corrected chi connectivity index (χ3v) is 5.79. The van der Waals surface area contributed by atoms with Crippen molar-refractivity contribution in [3.05, 3.63) is 72.7 Å². The molecule has 0 saturated carbocycles. The molecule has 0 fully saturated rings. The summed E-state index contributed by atoms with van der Waals surface area (Å²) in [7, 11) is 0. The largest absolute Gasteiger partial charge is 0.327 e. The molecular formula is C21H17FN6S. The van der Waals surface area contributed by atoms with Gasteiger partial charge in [-0.3, -0.25) is 0 Å². The van der Waals surface area contributed by atoms with E-state index in [1.54, 1.807) is 35.0 Å². The zero-order chi connectivity index (χ0) is 19.8. The molecule has 144 valence electrons. The lowest BCUT2D eigenvalue weighted by molar-refractivity contribution is 0.637. The van der Waals surface area contributed by atoms with E-state index in [1.165, 1.54) is 6.07 Å². The second-order valence-electron chi connectivity index (χ2n) is 6.48. The van der Waals surface area contributed by atoms with Crippen LogP contribution >= 0.6 is 11.8 Å². The normalized spacial score (nSPS) is 11.5. The van der Waals surface area contributed by atoms with Crippen LogP contribution in [0.2, 0.25) is 0 Å². The van der Waals surface area contributed by atoms with Crippen LogP contribution in [0.15, 0.2) is 66.1 Å². The standard InChI is InChI=1S/C21H17FN6S/c1-2-27-17-10-6-9-16(22)19(17)26-18(27)12-29-21-15-11-25-28(20(15)23-13-24-21)14-7-4-3-5-8-14/h3-11,13H,2,12H2,1H3. The number of aromatic nitrogens is 6. The van der Waals surface area contributed by atoms with Gasteiger partial charge in [0.15, 0.2) is 11.5 Å². The van der Waals surface area contributed by atoms with Gasteiger partial charge in [-0.2, -0.15) is 5.10 Å². The minimum Gasteiger partial charge on any atom is -0.327 e. The second kappa shape index (κ2) is 7.29. The number of hydrogen-bond donors (Lipinski definition) is 0. The third kappa shape index (κ3) is 3.05. The number of imidazole rings is 1. The molecule has 0 N–H and O–H groups in total. The molecule has 0 unspecified atom stereocenters. The van der Waals surface area contributed by atoms with E-state index in [0.717, 1.165) is 39.6 Å². The van der Waals surface area contributed by atoms with Crippen LogP contribution in [0.5, 0.6) is 0 Å². The molecule has 0 saturated heterocycles. The molecule has 0 amide bonds. The van der Waals surface area contributed by atoms with Crippen LogP contribution < -0.4 is 0 Å². The number of rotatable bonds is 5. The van der Waals surface area contributed by atoms with Gasteiger partial charge in [0, 0.05) is 6.54 Å². The Kier molecular flexibility index (Phi) is 4.48. The maximum absolute atomic E-state index is 14.1. The fourth-order valence-corrected chi connectivity index (χ4v) is 4.36. The van der Waals surface area contributed by atoms with Crippen molar-refractivity contribution in [2.45, 2.75) is 24.2 Å². The summed E-state index contributed by atoms with van der Waals surface area (Å²) in [6.45, 7) is 2.76. The molecule has 5 aromatic rings. The van der Waals surface area contributed by atoms with E-state index >= 15 is 0 Å². The molecule has 6 nitrogen and oxygen atoms in total. The molecule has 5 rings (SSSR count). The summed E-state index contributed by atoms with van der Waals surface area (Å²) >= 11 is 1.55. The number of para-hydroxylation sites is 2. The van der Waals surface area contributed by atoms with Crippen LogP contribution in [0.25, 0.3) is 27.8 Å². The predicted molar refractivity (Wildman–Crippen MR) is 112 cm³/mol. The molecular weight excluding hydrogens is 387 g/mol. The second-order valence-corrected chi connectivity index (χ2v) is 7.44. The van der Waals surface area contributed by atoms with Gasteiger partial charge >= 0.3 is 0 Å². The van der Waals surface area contributed by atoms with Crippen molar-refractivity contribution in [3.8, 4) is 5.69 Å². The average Bonchev–Trinajstić information content (AvgIpc) is 3.35. The van der Waals surface area contributed by atoms with E-state index in [-0.39, 0.29) is 5.82 Å². The number of fused-ring (bicyclic) bond motifs is 2. The highest BCUT2D eigenvalue weighted by Crippen LogP contribution is 2.29. The molecule has 0 aliphatic rings. The van der Waals surface area contributed by atoms with Crippen molar-refractivity contribution in [2.24, 2.45) is 0 Å². The molecule has 0 aliphatic carbocycles. The van der Waals surface area contributed by atoms with Crippen molar-refractivity contribution in [3.63, 3.8) is 0 Å². The van der Waals surface area contributed by atoms with Crippen molar-refractivity contribution in [2.75, 3.05) is 0 Å². The van der Waals surface area contributed by atoms with Gasteiger partial charge in [-0.1, -0.05) is 36.0 Å². The van der Waals surface area contributed by atoms with E-state index in [2.05, 4.69) is 20.1 Å². The van der Waals surface area contributed by atoms with Gasteiger partial charge in [0.2, 0.25) is 0 Å². The van der Waals surface area contributed by atoms with E-state index in [9.17, 15) is 4.39 Å². The summed E-state index contributed by atoms with van der Waals surface area (Å²) in [5, 5.41) is 6.20. The fourth-order valence-electron chi connectivity index (χ4n) is 3.45. The number of benzene rings is 2. The number of hydrogen-bond acceptors (Lipinski definition) is 5. The lowest BCUT2D eigenvalue weighted by atomic mass is 10.3. The lowest BCUT2D eigenvalue weighted by Crippen LogP contribution is -2.00. The Morgan fingerprint density at radius 2 is 1.90 bits per heavy atom. The first kappa shape index (κ1) is 17.8. The fraction of sp³-hybridized carbons (Fsp3) is 0.143. The third-order valence-electron chi connectivity index (χ3n) is 4.79. The van der Waals surface area contributed by atoms with Gasteiger partial charge in [0.05, 0.1) is 28.5 Å². The predicted octanol–water partition coefficient (Wildman–Crippen LogP) is 4.62. The highest BCUT2D eigenvalue weighted by Gasteiger charge is 2.15. The van der Waals surface area contributed by atoms with Gasteiger partial charge < -0.3 is 4.57 Å². The van der Waals surface area contributed by atoms with Crippen LogP contribution in [-0.4, -0.2) is 29.3 Å². The van der Waals surface area contributed by atoms with Gasteiger partial charge in [0.1, 0.15) is 22.7 Å². The lowest BCUT2D eigenvalue weighted by Gasteiger charge is -2.06. The first-order valence-corrected chi connectivity index (χ1v) is 10.3. The zero-order valence-corrected chi connectivity index (χ0v) is 16.5. The zero-order valence-electron chi connectivity index (χ0n) is 15.7. The highest BCUT2D eigenvalue weighted by atomic mass is 32.2. The molecule has 0 spiro atoms. The maximum atomic E-state index is 14.1. The average molecular weight is 404 g/mol. The Labute approximate surface area is 170 Å². The Bertz CT molecular complexity index is 1310. The molecule has 0 aliphatic heterocycles. The van der Waals surface area contributed by atoms with Crippen LogP contribution in [0.3, 0.4) is 0 Å². The minimum absolute atomic E-state index is 0.297. The SMILES string of the molecule is CCn1c(CSc2ncnc3c2cnn3-c2ccccc2)nc2c(F)cccc21.